The molecule has 1 aromatic rings. The molecule has 0 aliphatic rings. The first-order valence-corrected chi connectivity index (χ1v) is 6.72. The summed E-state index contributed by atoms with van der Waals surface area (Å²) in [5, 5.41) is 3.25. The van der Waals surface area contributed by atoms with E-state index < -0.39 is 0 Å². The van der Waals surface area contributed by atoms with Gasteiger partial charge in [-0.25, -0.2) is 0 Å². The smallest absolute Gasteiger partial charge is 0.161 e. The van der Waals surface area contributed by atoms with Crippen molar-refractivity contribution in [3.8, 4) is 11.5 Å². The predicted octanol–water partition coefficient (Wildman–Crippen LogP) is 2.02. The van der Waals surface area contributed by atoms with E-state index in [2.05, 4.69) is 5.32 Å². The summed E-state index contributed by atoms with van der Waals surface area (Å²) >= 11 is 0. The minimum absolute atomic E-state index is 0.123. The molecule has 0 heterocycles. The first-order valence-electron chi connectivity index (χ1n) is 6.72. The minimum atomic E-state index is 0.123. The summed E-state index contributed by atoms with van der Waals surface area (Å²) in [7, 11) is 6.88. The van der Waals surface area contributed by atoms with Crippen molar-refractivity contribution in [2.75, 3.05) is 48.2 Å². The fourth-order valence-corrected chi connectivity index (χ4v) is 1.92. The molecule has 1 atom stereocenters. The molecule has 5 nitrogen and oxygen atoms in total. The lowest BCUT2D eigenvalue weighted by molar-refractivity contribution is 0.0888. The molecule has 0 aromatic heterocycles. The number of benzene rings is 1. The maximum atomic E-state index is 5.66. The average molecular weight is 283 g/mol. The van der Waals surface area contributed by atoms with Crippen LogP contribution in [-0.4, -0.2) is 48.2 Å². The summed E-state index contributed by atoms with van der Waals surface area (Å²) in [6, 6.07) is 6.01. The van der Waals surface area contributed by atoms with Crippen LogP contribution in [0.25, 0.3) is 0 Å². The van der Waals surface area contributed by atoms with E-state index in [0.717, 1.165) is 30.1 Å². The summed E-state index contributed by atoms with van der Waals surface area (Å²) in [6.45, 7) is 2.02. The molecule has 0 saturated carbocycles. The van der Waals surface area contributed by atoms with E-state index in [1.807, 2.05) is 25.2 Å². The predicted molar refractivity (Wildman–Crippen MR) is 78.7 cm³/mol. The zero-order valence-corrected chi connectivity index (χ0v) is 12.8. The van der Waals surface area contributed by atoms with Crippen molar-refractivity contribution in [2.45, 2.75) is 12.5 Å². The lowest BCUT2D eigenvalue weighted by atomic mass is 10.1. The van der Waals surface area contributed by atoms with Gasteiger partial charge in [0.25, 0.3) is 0 Å². The SMILES string of the molecule is CNC(COCCCOC)c1ccc(OC)c(OC)c1. The number of ether oxygens (including phenoxy) is 4. The van der Waals surface area contributed by atoms with Crippen LogP contribution in [0.3, 0.4) is 0 Å². The second-order valence-electron chi connectivity index (χ2n) is 4.38. The highest BCUT2D eigenvalue weighted by Gasteiger charge is 2.12. The Balaban J connectivity index is 2.60. The summed E-state index contributed by atoms with van der Waals surface area (Å²) in [6.07, 6.45) is 0.902. The fraction of sp³-hybridized carbons (Fsp3) is 0.600. The van der Waals surface area contributed by atoms with Gasteiger partial charge < -0.3 is 24.3 Å². The van der Waals surface area contributed by atoms with Crippen LogP contribution in [0, 0.1) is 0 Å². The molecule has 0 saturated heterocycles. The summed E-state index contributed by atoms with van der Waals surface area (Å²) in [5.41, 5.74) is 1.11. The van der Waals surface area contributed by atoms with Crippen LogP contribution in [0.2, 0.25) is 0 Å². The third-order valence-corrected chi connectivity index (χ3v) is 3.08. The third-order valence-electron chi connectivity index (χ3n) is 3.08. The molecule has 114 valence electrons. The zero-order valence-electron chi connectivity index (χ0n) is 12.8. The summed E-state index contributed by atoms with van der Waals surface area (Å²) in [4.78, 5) is 0. The van der Waals surface area contributed by atoms with E-state index in [9.17, 15) is 0 Å². The van der Waals surface area contributed by atoms with Gasteiger partial charge in [-0.2, -0.15) is 0 Å². The van der Waals surface area contributed by atoms with Gasteiger partial charge in [0.2, 0.25) is 0 Å². The first kappa shape index (κ1) is 16.8. The van der Waals surface area contributed by atoms with Gasteiger partial charge in [0.15, 0.2) is 11.5 Å². The highest BCUT2D eigenvalue weighted by atomic mass is 16.5. The van der Waals surface area contributed by atoms with Gasteiger partial charge in [0, 0.05) is 20.3 Å². The normalized spacial score (nSPS) is 12.2. The molecule has 1 rings (SSSR count). The number of likely N-dealkylation sites (N-methyl/N-ethyl adjacent to an activating group) is 1. The zero-order chi connectivity index (χ0) is 14.8. The Morgan fingerprint density at radius 1 is 1.05 bits per heavy atom. The topological polar surface area (TPSA) is 49.0 Å². The van der Waals surface area contributed by atoms with Crippen LogP contribution in [0.15, 0.2) is 18.2 Å². The molecule has 0 amide bonds. The molecule has 0 radical (unpaired) electrons. The number of hydrogen-bond acceptors (Lipinski definition) is 5. The molecule has 5 heteroatoms. The van der Waals surface area contributed by atoms with E-state index in [1.54, 1.807) is 21.3 Å². The number of methoxy groups -OCH3 is 3. The van der Waals surface area contributed by atoms with E-state index >= 15 is 0 Å². The maximum absolute atomic E-state index is 5.66. The lowest BCUT2D eigenvalue weighted by Crippen LogP contribution is -2.22. The Kier molecular flexibility index (Phi) is 8.02. The van der Waals surface area contributed by atoms with Crippen molar-refractivity contribution in [1.29, 1.82) is 0 Å². The standard InChI is InChI=1S/C15H25NO4/c1-16-13(11-20-9-5-8-17-2)12-6-7-14(18-3)15(10-12)19-4/h6-7,10,13,16H,5,8-9,11H2,1-4H3. The van der Waals surface area contributed by atoms with Crippen molar-refractivity contribution in [3.05, 3.63) is 23.8 Å². The second kappa shape index (κ2) is 9.58. The fourth-order valence-electron chi connectivity index (χ4n) is 1.92. The van der Waals surface area contributed by atoms with E-state index in [1.165, 1.54) is 0 Å². The average Bonchev–Trinajstić information content (AvgIpc) is 2.50. The van der Waals surface area contributed by atoms with Gasteiger partial charge in [0.1, 0.15) is 0 Å². The van der Waals surface area contributed by atoms with Crippen LogP contribution < -0.4 is 14.8 Å². The van der Waals surface area contributed by atoms with Crippen LogP contribution in [0.5, 0.6) is 11.5 Å². The quantitative estimate of drug-likeness (QED) is 0.666. The molecular formula is C15H25NO4. The van der Waals surface area contributed by atoms with E-state index in [4.69, 9.17) is 18.9 Å². The second-order valence-corrected chi connectivity index (χ2v) is 4.38. The lowest BCUT2D eigenvalue weighted by Gasteiger charge is -2.18. The van der Waals surface area contributed by atoms with Gasteiger partial charge in [-0.15, -0.1) is 0 Å². The molecule has 1 aromatic carbocycles. The largest absolute Gasteiger partial charge is 0.493 e. The van der Waals surface area contributed by atoms with Crippen LogP contribution in [0.1, 0.15) is 18.0 Å². The Labute approximate surface area is 121 Å². The van der Waals surface area contributed by atoms with Crippen molar-refractivity contribution in [1.82, 2.24) is 5.32 Å². The van der Waals surface area contributed by atoms with Crippen LogP contribution in [-0.2, 0) is 9.47 Å². The van der Waals surface area contributed by atoms with Gasteiger partial charge in [-0.3, -0.25) is 0 Å². The van der Waals surface area contributed by atoms with Gasteiger partial charge >= 0.3 is 0 Å². The van der Waals surface area contributed by atoms with Crippen molar-refractivity contribution in [2.24, 2.45) is 0 Å². The van der Waals surface area contributed by atoms with Crippen molar-refractivity contribution in [3.63, 3.8) is 0 Å². The Bertz CT molecular complexity index is 384. The van der Waals surface area contributed by atoms with Gasteiger partial charge in [-0.05, 0) is 31.2 Å². The van der Waals surface area contributed by atoms with E-state index in [-0.39, 0.29) is 6.04 Å². The van der Waals surface area contributed by atoms with Crippen molar-refractivity contribution >= 4 is 0 Å². The summed E-state index contributed by atoms with van der Waals surface area (Å²) in [5.74, 6) is 1.46. The molecular weight excluding hydrogens is 258 g/mol. The first-order chi connectivity index (χ1) is 9.76. The number of rotatable bonds is 10. The molecule has 0 bridgehead atoms. The van der Waals surface area contributed by atoms with Crippen LogP contribution in [0.4, 0.5) is 0 Å². The third kappa shape index (κ3) is 5.00. The Morgan fingerprint density at radius 2 is 1.80 bits per heavy atom. The molecule has 0 fully saturated rings. The summed E-state index contributed by atoms with van der Waals surface area (Å²) < 4.78 is 21.2. The Hall–Kier alpha value is -1.30. The Morgan fingerprint density at radius 3 is 2.40 bits per heavy atom. The number of nitrogens with one attached hydrogen (secondary N) is 1. The van der Waals surface area contributed by atoms with Gasteiger partial charge in [0.05, 0.1) is 26.9 Å². The van der Waals surface area contributed by atoms with E-state index in [0.29, 0.717) is 13.2 Å². The monoisotopic (exact) mass is 283 g/mol. The molecule has 0 aliphatic heterocycles. The molecule has 0 spiro atoms. The molecule has 20 heavy (non-hydrogen) atoms. The maximum Gasteiger partial charge on any atom is 0.161 e. The minimum Gasteiger partial charge on any atom is -0.493 e. The highest BCUT2D eigenvalue weighted by molar-refractivity contribution is 5.43. The van der Waals surface area contributed by atoms with Crippen LogP contribution >= 0.6 is 0 Å². The highest BCUT2D eigenvalue weighted by Crippen LogP contribution is 2.29. The molecule has 1 N–H and O–H groups in total. The van der Waals surface area contributed by atoms with Crippen molar-refractivity contribution < 1.29 is 18.9 Å². The van der Waals surface area contributed by atoms with Gasteiger partial charge in [-0.1, -0.05) is 6.07 Å². The molecule has 0 aliphatic carbocycles. The molecule has 1 unspecified atom stereocenters. The number of hydrogen-bond donors (Lipinski definition) is 1.